The van der Waals surface area contributed by atoms with E-state index in [9.17, 15) is 13.2 Å². The van der Waals surface area contributed by atoms with Crippen molar-refractivity contribution in [1.29, 1.82) is 0 Å². The molecule has 0 aliphatic carbocycles. The number of fused-ring (bicyclic) bond motifs is 1. The maximum Gasteiger partial charge on any atom is 0.416 e. The lowest BCUT2D eigenvalue weighted by molar-refractivity contribution is -0.137. The van der Waals surface area contributed by atoms with Gasteiger partial charge in [-0.15, -0.1) is 0 Å². The molecule has 0 saturated carbocycles. The van der Waals surface area contributed by atoms with E-state index in [1.807, 2.05) is 17.0 Å². The van der Waals surface area contributed by atoms with Gasteiger partial charge in [-0.05, 0) is 60.1 Å². The van der Waals surface area contributed by atoms with Gasteiger partial charge in [-0.1, -0.05) is 6.07 Å². The molecule has 0 spiro atoms. The Balaban J connectivity index is 1.90. The Morgan fingerprint density at radius 1 is 1.12 bits per heavy atom. The van der Waals surface area contributed by atoms with Crippen LogP contribution in [0.15, 0.2) is 36.4 Å². The van der Waals surface area contributed by atoms with E-state index in [0.29, 0.717) is 42.7 Å². The van der Waals surface area contributed by atoms with Crippen molar-refractivity contribution in [2.45, 2.75) is 18.6 Å². The average Bonchev–Trinajstić information content (AvgIpc) is 2.81. The Bertz CT molecular complexity index is 971. The summed E-state index contributed by atoms with van der Waals surface area (Å²) >= 11 is 5.60. The molecule has 1 atom stereocenters. The van der Waals surface area contributed by atoms with E-state index in [4.69, 9.17) is 31.2 Å². The Kier molecular flexibility index (Phi) is 8.25. The summed E-state index contributed by atoms with van der Waals surface area (Å²) < 4.78 is 61.1. The van der Waals surface area contributed by atoms with Gasteiger partial charge < -0.3 is 29.2 Å². The molecule has 0 saturated heterocycles. The summed E-state index contributed by atoms with van der Waals surface area (Å²) in [5.74, 6) is 1.30. The zero-order valence-corrected chi connectivity index (χ0v) is 19.5. The number of hydrogen-bond acceptors (Lipinski definition) is 5. The second-order valence-corrected chi connectivity index (χ2v) is 7.81. The minimum Gasteiger partial charge on any atom is -0.493 e. The molecule has 1 heterocycles. The van der Waals surface area contributed by atoms with Gasteiger partial charge in [0.1, 0.15) is 12.4 Å². The summed E-state index contributed by atoms with van der Waals surface area (Å²) in [5, 5.41) is 3.68. The van der Waals surface area contributed by atoms with E-state index >= 15 is 0 Å². The molecule has 0 radical (unpaired) electrons. The minimum absolute atomic E-state index is 0.0931. The van der Waals surface area contributed by atoms with E-state index in [2.05, 4.69) is 5.32 Å². The molecule has 6 nitrogen and oxygen atoms in total. The summed E-state index contributed by atoms with van der Waals surface area (Å²) in [5.41, 5.74) is 1.20. The standard InChI is InChI=1S/C23H27F3N2O4S/c1-29-10-8-27-22(33)28-9-7-15-11-20(30-2)21(31-3)13-18(15)19(28)14-32-17-6-4-5-16(12-17)23(24,25)26/h4-6,11-13,19H,7-10,14H2,1-3H3,(H,27,33)/t19-/m0/s1. The molecule has 0 bridgehead atoms. The fraction of sp³-hybridized carbons (Fsp3) is 0.435. The van der Waals surface area contributed by atoms with Gasteiger partial charge in [-0.25, -0.2) is 0 Å². The summed E-state index contributed by atoms with van der Waals surface area (Å²) in [4.78, 5) is 1.98. The lowest BCUT2D eigenvalue weighted by atomic mass is 9.92. The zero-order chi connectivity index (χ0) is 24.0. The first kappa shape index (κ1) is 24.9. The van der Waals surface area contributed by atoms with Crippen LogP contribution in [0.3, 0.4) is 0 Å². The number of ether oxygens (including phenoxy) is 4. The Morgan fingerprint density at radius 3 is 2.52 bits per heavy atom. The molecule has 3 rings (SSSR count). The van der Waals surface area contributed by atoms with Crippen LogP contribution in [0.2, 0.25) is 0 Å². The van der Waals surface area contributed by atoms with Crippen LogP contribution in [-0.4, -0.2) is 57.6 Å². The monoisotopic (exact) mass is 484 g/mol. The third-order valence-electron chi connectivity index (χ3n) is 5.42. The van der Waals surface area contributed by atoms with Crippen LogP contribution in [0.1, 0.15) is 22.7 Å². The highest BCUT2D eigenvalue weighted by atomic mass is 32.1. The van der Waals surface area contributed by atoms with Crippen LogP contribution in [0.25, 0.3) is 0 Å². The van der Waals surface area contributed by atoms with Gasteiger partial charge in [-0.3, -0.25) is 0 Å². The largest absolute Gasteiger partial charge is 0.493 e. The highest BCUT2D eigenvalue weighted by Gasteiger charge is 2.33. The van der Waals surface area contributed by atoms with Crippen molar-refractivity contribution >= 4 is 17.3 Å². The maximum absolute atomic E-state index is 13.1. The van der Waals surface area contributed by atoms with Gasteiger partial charge in [0, 0.05) is 20.2 Å². The number of rotatable bonds is 8. The molecular weight excluding hydrogens is 457 g/mol. The molecule has 0 unspecified atom stereocenters. The molecule has 180 valence electrons. The number of thiocarbonyl (C=S) groups is 1. The number of methoxy groups -OCH3 is 3. The third kappa shape index (κ3) is 6.00. The molecule has 10 heteroatoms. The van der Waals surface area contributed by atoms with E-state index < -0.39 is 11.7 Å². The van der Waals surface area contributed by atoms with Crippen LogP contribution < -0.4 is 19.5 Å². The highest BCUT2D eigenvalue weighted by Crippen LogP contribution is 2.39. The van der Waals surface area contributed by atoms with Gasteiger partial charge in [0.2, 0.25) is 0 Å². The van der Waals surface area contributed by atoms with E-state index in [-0.39, 0.29) is 18.4 Å². The van der Waals surface area contributed by atoms with E-state index in [1.54, 1.807) is 21.3 Å². The first-order valence-electron chi connectivity index (χ1n) is 10.4. The highest BCUT2D eigenvalue weighted by molar-refractivity contribution is 7.80. The minimum atomic E-state index is -4.44. The Morgan fingerprint density at radius 2 is 1.85 bits per heavy atom. The van der Waals surface area contributed by atoms with Gasteiger partial charge >= 0.3 is 6.18 Å². The second-order valence-electron chi connectivity index (χ2n) is 7.43. The number of hydrogen-bond donors (Lipinski definition) is 1. The summed E-state index contributed by atoms with van der Waals surface area (Å²) in [7, 11) is 4.73. The molecular formula is C23H27F3N2O4S. The second kappa shape index (κ2) is 10.9. The number of halogens is 3. The quantitative estimate of drug-likeness (QED) is 0.445. The van der Waals surface area contributed by atoms with Crippen molar-refractivity contribution in [3.63, 3.8) is 0 Å². The van der Waals surface area contributed by atoms with Crippen LogP contribution in [-0.2, 0) is 17.3 Å². The van der Waals surface area contributed by atoms with Crippen molar-refractivity contribution < 1.29 is 32.1 Å². The molecule has 0 fully saturated rings. The summed E-state index contributed by atoms with van der Waals surface area (Å²) in [6, 6.07) is 8.30. The van der Waals surface area contributed by atoms with Gasteiger partial charge in [0.15, 0.2) is 16.6 Å². The van der Waals surface area contributed by atoms with Crippen molar-refractivity contribution in [1.82, 2.24) is 10.2 Å². The fourth-order valence-corrected chi connectivity index (χ4v) is 4.07. The molecule has 1 N–H and O–H groups in total. The first-order valence-corrected chi connectivity index (χ1v) is 10.8. The Labute approximate surface area is 196 Å². The normalized spacial score (nSPS) is 15.6. The molecule has 1 aliphatic rings. The molecule has 2 aromatic carbocycles. The Hall–Kier alpha value is -2.72. The molecule has 1 aliphatic heterocycles. The summed E-state index contributed by atoms with van der Waals surface area (Å²) in [6.07, 6.45) is -3.73. The molecule has 2 aromatic rings. The zero-order valence-electron chi connectivity index (χ0n) is 18.7. The van der Waals surface area contributed by atoms with Gasteiger partial charge in [0.25, 0.3) is 0 Å². The van der Waals surface area contributed by atoms with Gasteiger partial charge in [0.05, 0.1) is 32.4 Å². The lowest BCUT2D eigenvalue weighted by Crippen LogP contribution is -2.47. The predicted molar refractivity (Wildman–Crippen MR) is 122 cm³/mol. The SMILES string of the molecule is COCCNC(=S)N1CCc2cc(OC)c(OC)cc2[C@@H]1COc1cccc(C(F)(F)F)c1. The number of nitrogens with zero attached hydrogens (tertiary/aromatic N) is 1. The van der Waals surface area contributed by atoms with Gasteiger partial charge in [-0.2, -0.15) is 13.2 Å². The molecule has 0 amide bonds. The van der Waals surface area contributed by atoms with Crippen LogP contribution in [0.4, 0.5) is 13.2 Å². The van der Waals surface area contributed by atoms with Crippen molar-refractivity contribution in [2.75, 3.05) is 47.6 Å². The van der Waals surface area contributed by atoms with Crippen molar-refractivity contribution in [3.8, 4) is 17.2 Å². The van der Waals surface area contributed by atoms with Crippen LogP contribution in [0.5, 0.6) is 17.2 Å². The fourth-order valence-electron chi connectivity index (χ4n) is 3.75. The van der Waals surface area contributed by atoms with Crippen molar-refractivity contribution in [2.24, 2.45) is 0 Å². The smallest absolute Gasteiger partial charge is 0.416 e. The number of benzene rings is 2. The molecule has 0 aromatic heterocycles. The number of nitrogens with one attached hydrogen (secondary N) is 1. The topological polar surface area (TPSA) is 52.2 Å². The van der Waals surface area contributed by atoms with Crippen molar-refractivity contribution in [3.05, 3.63) is 53.1 Å². The van der Waals surface area contributed by atoms with E-state index in [0.717, 1.165) is 23.3 Å². The maximum atomic E-state index is 13.1. The van der Waals surface area contributed by atoms with Crippen LogP contribution in [0, 0.1) is 0 Å². The van der Waals surface area contributed by atoms with Crippen LogP contribution >= 0.6 is 12.2 Å². The average molecular weight is 485 g/mol. The third-order valence-corrected chi connectivity index (χ3v) is 5.79. The predicted octanol–water partition coefficient (Wildman–Crippen LogP) is 4.22. The van der Waals surface area contributed by atoms with E-state index in [1.165, 1.54) is 12.1 Å². The number of alkyl halides is 3. The lowest BCUT2D eigenvalue weighted by Gasteiger charge is -2.39. The molecule has 33 heavy (non-hydrogen) atoms. The summed E-state index contributed by atoms with van der Waals surface area (Å²) in [6.45, 7) is 1.72. The first-order chi connectivity index (χ1) is 15.8.